The van der Waals surface area contributed by atoms with Crippen molar-refractivity contribution < 1.29 is 52.5 Å². The van der Waals surface area contributed by atoms with Crippen molar-refractivity contribution in [1.29, 1.82) is 0 Å². The third-order valence-corrected chi connectivity index (χ3v) is 8.00. The van der Waals surface area contributed by atoms with E-state index in [4.69, 9.17) is 23.7 Å². The van der Waals surface area contributed by atoms with E-state index < -0.39 is 65.7 Å². The summed E-state index contributed by atoms with van der Waals surface area (Å²) in [7, 11) is 0. The van der Waals surface area contributed by atoms with Crippen LogP contribution < -0.4 is 15.4 Å². The number of β-lactam (4-membered cyclic amide) rings is 1. The van der Waals surface area contributed by atoms with E-state index in [1.165, 1.54) is 18.7 Å². The molecule has 4 rings (SSSR count). The lowest BCUT2D eigenvalue weighted by Gasteiger charge is -2.49. The Kier molecular flexibility index (Phi) is 10.1. The molecule has 3 heterocycles. The molecular weight excluding hydrogens is 598 g/mol. The third kappa shape index (κ3) is 7.62. The van der Waals surface area contributed by atoms with Crippen molar-refractivity contribution in [1.82, 2.24) is 15.5 Å². The summed E-state index contributed by atoms with van der Waals surface area (Å²) in [5.41, 5.74) is 0.678. The molecule has 0 aliphatic carbocycles. The fraction of sp³-hybridized carbons (Fsp3) is 0.517. The van der Waals surface area contributed by atoms with Gasteiger partial charge in [-0.25, -0.2) is 9.59 Å². The van der Waals surface area contributed by atoms with Gasteiger partial charge in [-0.2, -0.15) is 0 Å². The zero-order valence-corrected chi connectivity index (χ0v) is 25.9. The quantitative estimate of drug-likeness (QED) is 0.166. The first-order valence-electron chi connectivity index (χ1n) is 14.0. The number of amides is 3. The second-order valence-electron chi connectivity index (χ2n) is 11.1. The van der Waals surface area contributed by atoms with Gasteiger partial charge < -0.3 is 34.3 Å². The topological polar surface area (TPSA) is 176 Å². The minimum absolute atomic E-state index is 0.0751. The minimum atomic E-state index is -1.21. The van der Waals surface area contributed by atoms with Crippen LogP contribution in [0.2, 0.25) is 0 Å². The first-order chi connectivity index (χ1) is 20.8. The predicted molar refractivity (Wildman–Crippen MR) is 154 cm³/mol. The van der Waals surface area contributed by atoms with Crippen LogP contribution >= 0.6 is 11.8 Å². The molecule has 2 N–H and O–H groups in total. The van der Waals surface area contributed by atoms with E-state index >= 15 is 0 Å². The van der Waals surface area contributed by atoms with Gasteiger partial charge in [0.25, 0.3) is 5.91 Å². The minimum Gasteiger partial charge on any atom is -0.493 e. The van der Waals surface area contributed by atoms with Gasteiger partial charge >= 0.3 is 24.0 Å². The number of carbonyl (C=O) groups excluding carboxylic acids is 6. The highest BCUT2D eigenvalue weighted by molar-refractivity contribution is 8.00. The van der Waals surface area contributed by atoms with E-state index in [0.717, 1.165) is 10.5 Å². The van der Waals surface area contributed by atoms with E-state index in [2.05, 4.69) is 10.6 Å². The van der Waals surface area contributed by atoms with Gasteiger partial charge in [0.2, 0.25) is 12.7 Å². The monoisotopic (exact) mass is 633 g/mol. The van der Waals surface area contributed by atoms with E-state index in [-0.39, 0.29) is 24.5 Å². The molecule has 0 aromatic heterocycles. The molecule has 3 aliphatic rings. The number of carbonyl (C=O) groups is 6. The van der Waals surface area contributed by atoms with Crippen molar-refractivity contribution in [3.63, 3.8) is 0 Å². The Balaban J connectivity index is 1.53. The summed E-state index contributed by atoms with van der Waals surface area (Å²) in [5.74, 6) is -2.55. The number of alkyl carbamates (subject to hydrolysis) is 1. The molecule has 1 fully saturated rings. The Labute approximate surface area is 258 Å². The van der Waals surface area contributed by atoms with E-state index in [1.807, 2.05) is 0 Å². The van der Waals surface area contributed by atoms with E-state index in [0.29, 0.717) is 29.9 Å². The lowest BCUT2D eigenvalue weighted by Crippen LogP contribution is -2.71. The third-order valence-electron chi connectivity index (χ3n) is 6.66. The number of nitrogens with zero attached hydrogens (tertiary/aromatic N) is 1. The van der Waals surface area contributed by atoms with Gasteiger partial charge in [0.1, 0.15) is 41.1 Å². The largest absolute Gasteiger partial charge is 0.493 e. The number of rotatable bonds is 10. The Hall–Kier alpha value is -4.27. The van der Waals surface area contributed by atoms with Gasteiger partial charge in [-0.15, -0.1) is 11.8 Å². The smallest absolute Gasteiger partial charge is 0.408 e. The summed E-state index contributed by atoms with van der Waals surface area (Å²) in [6.07, 6.45) is -0.113. The lowest BCUT2D eigenvalue weighted by atomic mass is 9.99. The molecule has 238 valence electrons. The average molecular weight is 634 g/mol. The Morgan fingerprint density at radius 3 is 2.57 bits per heavy atom. The number of benzene rings is 1. The van der Waals surface area contributed by atoms with Crippen LogP contribution in [-0.4, -0.2) is 83.5 Å². The molecule has 3 atom stereocenters. The van der Waals surface area contributed by atoms with Crippen LogP contribution in [0.15, 0.2) is 29.5 Å². The second-order valence-corrected chi connectivity index (χ2v) is 12.2. The predicted octanol–water partition coefficient (Wildman–Crippen LogP) is 1.86. The van der Waals surface area contributed by atoms with Crippen LogP contribution in [0.3, 0.4) is 0 Å². The summed E-state index contributed by atoms with van der Waals surface area (Å²) in [6, 6.07) is 2.87. The fourth-order valence-corrected chi connectivity index (χ4v) is 5.97. The molecule has 0 radical (unpaired) electrons. The van der Waals surface area contributed by atoms with Crippen LogP contribution in [0.1, 0.15) is 58.2 Å². The highest BCUT2D eigenvalue weighted by Gasteiger charge is 2.55. The van der Waals surface area contributed by atoms with Crippen molar-refractivity contribution in [2.45, 2.75) is 70.5 Å². The number of ether oxygens (including phenoxy) is 5. The van der Waals surface area contributed by atoms with Crippen molar-refractivity contribution in [3.05, 3.63) is 40.6 Å². The van der Waals surface area contributed by atoms with Gasteiger partial charge in [0, 0.05) is 31.1 Å². The average Bonchev–Trinajstić information content (AvgIpc) is 3.43. The highest BCUT2D eigenvalue weighted by Crippen LogP contribution is 2.41. The summed E-state index contributed by atoms with van der Waals surface area (Å²) in [4.78, 5) is 76.9. The normalized spacial score (nSPS) is 19.4. The maximum absolute atomic E-state index is 13.7. The SMILES string of the molecule is CCC(=O)OCOC(=O)C1=C(COC(C)=O)CSC2C(NC(=O)C(NC(=O)OC(C)(C)C)c3ccc4c(c3)CCO4)C(=O)N12. The lowest BCUT2D eigenvalue weighted by molar-refractivity contribution is -0.168. The van der Waals surface area contributed by atoms with Crippen LogP contribution in [-0.2, 0) is 49.3 Å². The van der Waals surface area contributed by atoms with Crippen LogP contribution in [0.4, 0.5) is 4.79 Å². The molecule has 44 heavy (non-hydrogen) atoms. The van der Waals surface area contributed by atoms with Gasteiger partial charge in [-0.05, 0) is 44.0 Å². The Morgan fingerprint density at radius 1 is 1.14 bits per heavy atom. The molecule has 1 aromatic carbocycles. The maximum Gasteiger partial charge on any atom is 0.408 e. The molecule has 3 amide bonds. The number of nitrogens with one attached hydrogen (secondary N) is 2. The summed E-state index contributed by atoms with van der Waals surface area (Å²) in [6.45, 7) is 7.42. The van der Waals surface area contributed by atoms with Crippen molar-refractivity contribution in [2.24, 2.45) is 0 Å². The number of thioether (sulfide) groups is 1. The molecule has 0 bridgehead atoms. The van der Waals surface area contributed by atoms with E-state index in [9.17, 15) is 28.8 Å². The van der Waals surface area contributed by atoms with Gasteiger partial charge in [0.05, 0.1) is 6.61 Å². The van der Waals surface area contributed by atoms with Crippen molar-refractivity contribution in [3.8, 4) is 5.75 Å². The molecule has 0 spiro atoms. The first kappa shape index (κ1) is 32.6. The molecule has 3 aliphatic heterocycles. The zero-order chi connectivity index (χ0) is 32.2. The molecule has 1 aromatic rings. The zero-order valence-electron chi connectivity index (χ0n) is 25.1. The van der Waals surface area contributed by atoms with Gasteiger partial charge in [0.15, 0.2) is 0 Å². The fourth-order valence-electron chi connectivity index (χ4n) is 4.64. The van der Waals surface area contributed by atoms with E-state index in [1.54, 1.807) is 45.9 Å². The molecule has 1 saturated heterocycles. The summed E-state index contributed by atoms with van der Waals surface area (Å²) < 4.78 is 25.9. The van der Waals surface area contributed by atoms with Gasteiger partial charge in [-0.1, -0.05) is 13.0 Å². The maximum atomic E-state index is 13.7. The number of esters is 3. The van der Waals surface area contributed by atoms with Crippen LogP contribution in [0.5, 0.6) is 5.75 Å². The van der Waals surface area contributed by atoms with Crippen molar-refractivity contribution in [2.75, 3.05) is 25.8 Å². The second kappa shape index (κ2) is 13.6. The number of hydrogen-bond donors (Lipinski definition) is 2. The summed E-state index contributed by atoms with van der Waals surface area (Å²) >= 11 is 1.25. The standard InChI is InChI=1S/C29H35N3O11S/c1-6-20(34)41-14-42-27(37)23-18(12-40-15(2)33)13-44-26-22(25(36)32(23)26)30-24(35)21(31-28(38)43-29(3,4)5)17-7-8-19-16(11-17)9-10-39-19/h7-8,11,21-22,26H,6,9-10,12-14H2,1-5H3,(H,30,35)(H,31,38). The Bertz CT molecular complexity index is 1390. The van der Waals surface area contributed by atoms with Crippen LogP contribution in [0.25, 0.3) is 0 Å². The van der Waals surface area contributed by atoms with Crippen molar-refractivity contribution >= 4 is 47.6 Å². The van der Waals surface area contributed by atoms with Gasteiger partial charge in [-0.3, -0.25) is 24.1 Å². The highest BCUT2D eigenvalue weighted by atomic mass is 32.2. The molecule has 3 unspecified atom stereocenters. The number of hydrogen-bond acceptors (Lipinski definition) is 12. The first-order valence-corrected chi connectivity index (χ1v) is 15.0. The van der Waals surface area contributed by atoms with Crippen LogP contribution in [0, 0.1) is 0 Å². The molecule has 0 saturated carbocycles. The summed E-state index contributed by atoms with van der Waals surface area (Å²) in [5, 5.41) is 4.60. The molecular formula is C29H35N3O11S. The molecule has 14 nitrogen and oxygen atoms in total. The molecule has 15 heteroatoms. The Morgan fingerprint density at radius 2 is 1.89 bits per heavy atom. The number of fused-ring (bicyclic) bond motifs is 2.